The smallest absolute Gasteiger partial charge is 0.338 e. The van der Waals surface area contributed by atoms with Gasteiger partial charge in [0.25, 0.3) is 5.69 Å². The highest BCUT2D eigenvalue weighted by atomic mass is 16.7. The zero-order chi connectivity index (χ0) is 20.1. The molecule has 0 bridgehead atoms. The van der Waals surface area contributed by atoms with Gasteiger partial charge in [-0.2, -0.15) is 0 Å². The van der Waals surface area contributed by atoms with Gasteiger partial charge in [0, 0.05) is 11.8 Å². The molecule has 1 aliphatic rings. The van der Waals surface area contributed by atoms with Crippen LogP contribution in [0, 0.1) is 10.1 Å². The fourth-order valence-corrected chi connectivity index (χ4v) is 2.53. The fourth-order valence-electron chi connectivity index (χ4n) is 2.53. The van der Waals surface area contributed by atoms with Crippen molar-refractivity contribution in [3.8, 4) is 11.5 Å². The Balaban J connectivity index is 1.75. The third kappa shape index (κ3) is 4.26. The van der Waals surface area contributed by atoms with Gasteiger partial charge in [-0.05, 0) is 37.3 Å². The first-order chi connectivity index (χ1) is 13.5. The van der Waals surface area contributed by atoms with Crippen LogP contribution in [-0.4, -0.2) is 30.2 Å². The van der Waals surface area contributed by atoms with E-state index in [0.717, 1.165) is 6.08 Å². The molecular formula is C19H16N2O7. The number of ether oxygens (including phenoxy) is 3. The molecule has 0 atom stereocenters. The molecule has 1 amide bonds. The minimum atomic E-state index is -0.567. The molecule has 0 radical (unpaired) electrons. The Kier molecular flexibility index (Phi) is 5.54. The molecule has 28 heavy (non-hydrogen) atoms. The number of hydrogen-bond donors (Lipinski definition) is 1. The first-order valence-electron chi connectivity index (χ1n) is 8.32. The molecule has 9 heteroatoms. The maximum Gasteiger partial charge on any atom is 0.338 e. The second kappa shape index (κ2) is 8.21. The minimum Gasteiger partial charge on any atom is -0.462 e. The van der Waals surface area contributed by atoms with Crippen LogP contribution in [-0.2, 0) is 9.53 Å². The summed E-state index contributed by atoms with van der Waals surface area (Å²) in [4.78, 5) is 34.6. The molecule has 1 heterocycles. The summed E-state index contributed by atoms with van der Waals surface area (Å²) < 4.78 is 15.3. The summed E-state index contributed by atoms with van der Waals surface area (Å²) in [6.07, 6.45) is 2.46. The summed E-state index contributed by atoms with van der Waals surface area (Å²) >= 11 is 0. The largest absolute Gasteiger partial charge is 0.462 e. The minimum absolute atomic E-state index is 0.0169. The van der Waals surface area contributed by atoms with E-state index < -0.39 is 16.8 Å². The molecule has 2 aromatic rings. The van der Waals surface area contributed by atoms with E-state index in [-0.39, 0.29) is 30.4 Å². The van der Waals surface area contributed by atoms with Crippen LogP contribution in [0.3, 0.4) is 0 Å². The van der Waals surface area contributed by atoms with Gasteiger partial charge in [0.1, 0.15) is 0 Å². The van der Waals surface area contributed by atoms with E-state index >= 15 is 0 Å². The Labute approximate surface area is 159 Å². The summed E-state index contributed by atoms with van der Waals surface area (Å²) in [6, 6.07) is 8.95. The first-order valence-corrected chi connectivity index (χ1v) is 8.32. The number of rotatable bonds is 6. The van der Waals surface area contributed by atoms with Gasteiger partial charge in [-0.25, -0.2) is 4.79 Å². The zero-order valence-electron chi connectivity index (χ0n) is 14.8. The summed E-state index contributed by atoms with van der Waals surface area (Å²) in [7, 11) is 0. The third-order valence-corrected chi connectivity index (χ3v) is 3.77. The van der Waals surface area contributed by atoms with E-state index in [4.69, 9.17) is 14.2 Å². The standard InChI is InChI=1S/C19H16N2O7/c1-2-26-19(23)13-4-3-5-14(8-13)20-18(22)7-6-12-9-16-17(28-11-27-16)10-15(12)21(24)25/h3-10H,2,11H2,1H3,(H,20,22)/b7-6+. The molecule has 0 saturated carbocycles. The summed E-state index contributed by atoms with van der Waals surface area (Å²) in [5.74, 6) is -0.366. The number of benzene rings is 2. The monoisotopic (exact) mass is 384 g/mol. The molecule has 0 aromatic heterocycles. The van der Waals surface area contributed by atoms with E-state index in [1.807, 2.05) is 0 Å². The lowest BCUT2D eigenvalue weighted by Gasteiger charge is -2.05. The SMILES string of the molecule is CCOC(=O)c1cccc(NC(=O)/C=C/c2cc3c(cc2[N+](=O)[O-])OCO3)c1. The topological polar surface area (TPSA) is 117 Å². The number of carbonyl (C=O) groups is 2. The van der Waals surface area contributed by atoms with Crippen molar-refractivity contribution in [2.24, 2.45) is 0 Å². The lowest BCUT2D eigenvalue weighted by molar-refractivity contribution is -0.385. The Morgan fingerprint density at radius 3 is 2.71 bits per heavy atom. The van der Waals surface area contributed by atoms with Crippen molar-refractivity contribution in [2.75, 3.05) is 18.7 Å². The van der Waals surface area contributed by atoms with E-state index in [1.165, 1.54) is 24.3 Å². The third-order valence-electron chi connectivity index (χ3n) is 3.77. The van der Waals surface area contributed by atoms with Crippen molar-refractivity contribution in [1.82, 2.24) is 0 Å². The van der Waals surface area contributed by atoms with E-state index in [9.17, 15) is 19.7 Å². The second-order valence-corrected chi connectivity index (χ2v) is 5.65. The lowest BCUT2D eigenvalue weighted by atomic mass is 10.1. The molecule has 2 aromatic carbocycles. The highest BCUT2D eigenvalue weighted by Gasteiger charge is 2.22. The molecule has 0 saturated heterocycles. The molecule has 0 spiro atoms. The normalized spacial score (nSPS) is 12.0. The average molecular weight is 384 g/mol. The molecule has 0 aliphatic carbocycles. The molecule has 1 N–H and O–H groups in total. The fraction of sp³-hybridized carbons (Fsp3) is 0.158. The number of fused-ring (bicyclic) bond motifs is 1. The molecule has 1 aliphatic heterocycles. The summed E-state index contributed by atoms with van der Waals surface area (Å²) in [5.41, 5.74) is 0.678. The number of hydrogen-bond acceptors (Lipinski definition) is 7. The van der Waals surface area contributed by atoms with Gasteiger partial charge in [-0.15, -0.1) is 0 Å². The van der Waals surface area contributed by atoms with Crippen molar-refractivity contribution in [1.29, 1.82) is 0 Å². The van der Waals surface area contributed by atoms with Crippen molar-refractivity contribution in [2.45, 2.75) is 6.92 Å². The van der Waals surface area contributed by atoms with E-state index in [2.05, 4.69) is 5.32 Å². The van der Waals surface area contributed by atoms with Gasteiger partial charge in [-0.3, -0.25) is 14.9 Å². The zero-order valence-corrected chi connectivity index (χ0v) is 14.8. The predicted octanol–water partition coefficient (Wildman–Crippen LogP) is 3.15. The van der Waals surface area contributed by atoms with Crippen LogP contribution in [0.1, 0.15) is 22.8 Å². The van der Waals surface area contributed by atoms with Crippen LogP contribution in [0.4, 0.5) is 11.4 Å². The molecule has 0 fully saturated rings. The second-order valence-electron chi connectivity index (χ2n) is 5.65. The number of carbonyl (C=O) groups excluding carboxylic acids is 2. The predicted molar refractivity (Wildman–Crippen MR) is 99.3 cm³/mol. The van der Waals surface area contributed by atoms with Gasteiger partial charge < -0.3 is 19.5 Å². The molecule has 9 nitrogen and oxygen atoms in total. The number of nitro groups is 1. The Morgan fingerprint density at radius 1 is 1.25 bits per heavy atom. The van der Waals surface area contributed by atoms with Gasteiger partial charge in [0.2, 0.25) is 12.7 Å². The lowest BCUT2D eigenvalue weighted by Crippen LogP contribution is -2.10. The van der Waals surface area contributed by atoms with Crippen LogP contribution < -0.4 is 14.8 Å². The number of nitrogens with one attached hydrogen (secondary N) is 1. The van der Waals surface area contributed by atoms with E-state index in [0.29, 0.717) is 17.0 Å². The van der Waals surface area contributed by atoms with Crippen LogP contribution >= 0.6 is 0 Å². The van der Waals surface area contributed by atoms with Gasteiger partial charge in [0.15, 0.2) is 11.5 Å². The summed E-state index contributed by atoms with van der Waals surface area (Å²) in [5, 5.41) is 13.8. The molecular weight excluding hydrogens is 368 g/mol. The van der Waals surface area contributed by atoms with Crippen molar-refractivity contribution < 1.29 is 28.7 Å². The molecule has 0 unspecified atom stereocenters. The number of esters is 1. The number of amides is 1. The highest BCUT2D eigenvalue weighted by molar-refractivity contribution is 6.03. The molecule has 3 rings (SSSR count). The van der Waals surface area contributed by atoms with Crippen LogP contribution in [0.15, 0.2) is 42.5 Å². The van der Waals surface area contributed by atoms with Gasteiger partial charge in [0.05, 0.1) is 28.7 Å². The maximum atomic E-state index is 12.2. The van der Waals surface area contributed by atoms with Crippen molar-refractivity contribution >= 4 is 29.3 Å². The Bertz CT molecular complexity index is 969. The highest BCUT2D eigenvalue weighted by Crippen LogP contribution is 2.38. The van der Waals surface area contributed by atoms with Crippen LogP contribution in [0.5, 0.6) is 11.5 Å². The maximum absolute atomic E-state index is 12.2. The average Bonchev–Trinajstić information content (AvgIpc) is 3.13. The van der Waals surface area contributed by atoms with Crippen molar-refractivity contribution in [3.63, 3.8) is 0 Å². The number of anilines is 1. The molecule has 144 valence electrons. The Hall–Kier alpha value is -3.88. The van der Waals surface area contributed by atoms with Crippen molar-refractivity contribution in [3.05, 3.63) is 63.7 Å². The van der Waals surface area contributed by atoms with E-state index in [1.54, 1.807) is 25.1 Å². The van der Waals surface area contributed by atoms with Crippen LogP contribution in [0.2, 0.25) is 0 Å². The number of nitrogens with zero attached hydrogens (tertiary/aromatic N) is 1. The Morgan fingerprint density at radius 2 is 2.00 bits per heavy atom. The van der Waals surface area contributed by atoms with Gasteiger partial charge in [-0.1, -0.05) is 6.07 Å². The summed E-state index contributed by atoms with van der Waals surface area (Å²) in [6.45, 7) is 1.92. The quantitative estimate of drug-likeness (QED) is 0.352. The number of nitro benzene ring substituents is 1. The first kappa shape index (κ1) is 18.9. The van der Waals surface area contributed by atoms with Crippen LogP contribution in [0.25, 0.3) is 6.08 Å². The van der Waals surface area contributed by atoms with Gasteiger partial charge >= 0.3 is 5.97 Å².